The van der Waals surface area contributed by atoms with Crippen molar-refractivity contribution in [2.45, 2.75) is 279 Å². The van der Waals surface area contributed by atoms with Crippen LogP contribution >= 0.6 is 0 Å². The van der Waals surface area contributed by atoms with Gasteiger partial charge in [0.1, 0.15) is 11.5 Å². The summed E-state index contributed by atoms with van der Waals surface area (Å²) >= 11 is 0. The normalized spacial score (nSPS) is 33.1. The maximum Gasteiger partial charge on any atom is 0.400 e. The van der Waals surface area contributed by atoms with Crippen LogP contribution in [0.1, 0.15) is 278 Å². The van der Waals surface area contributed by atoms with Gasteiger partial charge in [-0.3, -0.25) is 4.79 Å². The minimum atomic E-state index is -3.05. The van der Waals surface area contributed by atoms with E-state index in [1.54, 1.807) is 23.3 Å². The van der Waals surface area contributed by atoms with Crippen LogP contribution in [0.4, 0.5) is 8.78 Å². The molecule has 480 valence electrons. The fourth-order valence-corrected chi connectivity index (χ4v) is 18.0. The summed E-state index contributed by atoms with van der Waals surface area (Å²) in [6.07, 6.45) is 39.0. The molecule has 0 radical (unpaired) electrons. The Hall–Kier alpha value is -3.99. The number of halogens is 2. The molecule has 0 aromatic heterocycles. The number of benzene rings is 4. The molecule has 3 nitrogen and oxygen atoms in total. The maximum atomic E-state index is 14.5. The lowest BCUT2D eigenvalue weighted by Gasteiger charge is -2.38. The van der Waals surface area contributed by atoms with Crippen molar-refractivity contribution in [2.75, 3.05) is 0 Å². The predicted octanol–water partition coefficient (Wildman–Crippen LogP) is 24.3. The second-order valence-corrected chi connectivity index (χ2v) is 31.1. The van der Waals surface area contributed by atoms with Crippen molar-refractivity contribution < 1.29 is 23.0 Å². The number of ether oxygens (including phenoxy) is 2. The zero-order chi connectivity index (χ0) is 61.3. The Balaban J connectivity index is 0.000000139. The van der Waals surface area contributed by atoms with Crippen molar-refractivity contribution >= 4 is 5.97 Å². The van der Waals surface area contributed by atoms with Gasteiger partial charge in [0.05, 0.1) is 11.8 Å². The molecular formula is C82H120F2O3. The number of carbonyl (C=O) groups excluding carboxylic acids is 1. The van der Waals surface area contributed by atoms with Gasteiger partial charge in [0.2, 0.25) is 0 Å². The average Bonchev–Trinajstić information content (AvgIpc) is 3.71. The van der Waals surface area contributed by atoms with Gasteiger partial charge in [0, 0.05) is 0 Å². The van der Waals surface area contributed by atoms with Crippen LogP contribution < -0.4 is 9.47 Å². The third-order valence-electron chi connectivity index (χ3n) is 24.4. The van der Waals surface area contributed by atoms with Crippen molar-refractivity contribution in [1.82, 2.24) is 0 Å². The van der Waals surface area contributed by atoms with E-state index >= 15 is 0 Å². The molecule has 4 aromatic carbocycles. The zero-order valence-corrected chi connectivity index (χ0v) is 56.1. The molecule has 87 heavy (non-hydrogen) atoms. The van der Waals surface area contributed by atoms with E-state index in [0.29, 0.717) is 24.5 Å². The molecule has 8 saturated carbocycles. The molecule has 0 unspecified atom stereocenters. The fraction of sp³-hybridized carbons (Fsp3) is 0.695. The molecule has 0 bridgehead atoms. The number of alkyl halides is 2. The zero-order valence-electron chi connectivity index (χ0n) is 56.1. The van der Waals surface area contributed by atoms with E-state index in [1.807, 2.05) is 50.2 Å². The molecule has 0 amide bonds. The van der Waals surface area contributed by atoms with E-state index in [-0.39, 0.29) is 17.6 Å². The van der Waals surface area contributed by atoms with E-state index < -0.39 is 12.0 Å². The Morgan fingerprint density at radius 2 is 0.563 bits per heavy atom. The summed E-state index contributed by atoms with van der Waals surface area (Å²) < 4.78 is 39.6. The summed E-state index contributed by atoms with van der Waals surface area (Å²) in [7, 11) is 0. The lowest BCUT2D eigenvalue weighted by molar-refractivity contribution is -0.224. The summed E-state index contributed by atoms with van der Waals surface area (Å²) in [6.45, 7) is 17.9. The lowest BCUT2D eigenvalue weighted by atomic mass is 9.68. The van der Waals surface area contributed by atoms with Crippen LogP contribution in [0.3, 0.4) is 0 Å². The Morgan fingerprint density at radius 3 is 0.862 bits per heavy atom. The third-order valence-corrected chi connectivity index (χ3v) is 24.4. The van der Waals surface area contributed by atoms with Gasteiger partial charge in [-0.05, 0) is 300 Å². The van der Waals surface area contributed by atoms with Crippen LogP contribution in [0, 0.1) is 111 Å². The molecule has 0 aliphatic heterocycles. The number of hydrogen-bond acceptors (Lipinski definition) is 3. The molecule has 4 aromatic rings. The number of esters is 1. The molecule has 8 fully saturated rings. The first-order chi connectivity index (χ1) is 42.0. The predicted molar refractivity (Wildman–Crippen MR) is 361 cm³/mol. The molecule has 0 heterocycles. The van der Waals surface area contributed by atoms with Gasteiger partial charge < -0.3 is 9.47 Å². The summed E-state index contributed by atoms with van der Waals surface area (Å²) in [4.78, 5) is 12.4. The maximum absolute atomic E-state index is 14.5. The van der Waals surface area contributed by atoms with Gasteiger partial charge in [-0.2, -0.15) is 8.78 Å². The minimum absolute atomic E-state index is 0.0235. The van der Waals surface area contributed by atoms with Gasteiger partial charge >= 0.3 is 12.1 Å². The van der Waals surface area contributed by atoms with Crippen LogP contribution in [0.25, 0.3) is 0 Å². The van der Waals surface area contributed by atoms with Gasteiger partial charge in [-0.1, -0.05) is 174 Å². The Kier molecular flexibility index (Phi) is 25.8. The highest BCUT2D eigenvalue weighted by Gasteiger charge is 2.45. The van der Waals surface area contributed by atoms with Crippen molar-refractivity contribution in [3.05, 3.63) is 130 Å². The van der Waals surface area contributed by atoms with E-state index in [2.05, 4.69) is 90.1 Å². The molecule has 8 aliphatic carbocycles. The van der Waals surface area contributed by atoms with Gasteiger partial charge in [0.15, 0.2) is 0 Å². The van der Waals surface area contributed by atoms with Crippen LogP contribution in [0.15, 0.2) is 97.1 Å². The first-order valence-corrected chi connectivity index (χ1v) is 36.5. The number of carbonyl (C=O) groups is 1. The third kappa shape index (κ3) is 20.8. The highest BCUT2D eigenvalue weighted by molar-refractivity contribution is 5.75. The van der Waals surface area contributed by atoms with E-state index in [4.69, 9.17) is 9.47 Å². The van der Waals surface area contributed by atoms with Gasteiger partial charge in [-0.25, -0.2) is 0 Å². The SMILES string of the molecule is Cc1ccc(C2CCC(C3CCC(C)CC3)CC2)cc1.Cc1ccc(C2CCC(C3CCC(C)CC3)CC2)cc1.Cc1ccc(OC(=O)C2CCC(C3CCC(C)CC3)CC2)cc1.Cc1ccc(OC(F)(F)C2CCC(C3CCC(C)CC3)CC2)cc1. The summed E-state index contributed by atoms with van der Waals surface area (Å²) in [5.41, 5.74) is 8.19. The number of hydrogen-bond donors (Lipinski definition) is 0. The average molecular weight is 1190 g/mol. The van der Waals surface area contributed by atoms with Crippen LogP contribution in [0.2, 0.25) is 0 Å². The molecule has 0 atom stereocenters. The molecule has 8 aliphatic rings. The second kappa shape index (κ2) is 33.4. The van der Waals surface area contributed by atoms with E-state index in [9.17, 15) is 13.6 Å². The highest BCUT2D eigenvalue weighted by Crippen LogP contribution is 2.48. The van der Waals surface area contributed by atoms with E-state index in [1.165, 1.54) is 184 Å². The number of aryl methyl sites for hydroxylation is 4. The quantitative estimate of drug-likeness (QED) is 0.111. The lowest BCUT2D eigenvalue weighted by Crippen LogP contribution is -2.38. The van der Waals surface area contributed by atoms with Crippen molar-refractivity contribution in [3.63, 3.8) is 0 Å². The van der Waals surface area contributed by atoms with Crippen LogP contribution in [0.5, 0.6) is 11.5 Å². The van der Waals surface area contributed by atoms with Gasteiger partial charge in [0.25, 0.3) is 0 Å². The fourth-order valence-electron chi connectivity index (χ4n) is 18.0. The minimum Gasteiger partial charge on any atom is -0.432 e. The highest BCUT2D eigenvalue weighted by atomic mass is 19.3. The molecular weight excluding hydrogens is 1070 g/mol. The second-order valence-electron chi connectivity index (χ2n) is 31.1. The molecule has 0 saturated heterocycles. The largest absolute Gasteiger partial charge is 0.432 e. The Labute approximate surface area is 529 Å². The summed E-state index contributed by atoms with van der Waals surface area (Å²) in [6, 6.07) is 33.2. The smallest absolute Gasteiger partial charge is 0.400 e. The van der Waals surface area contributed by atoms with Crippen molar-refractivity contribution in [3.8, 4) is 11.5 Å². The Bertz CT molecular complexity index is 2460. The standard InChI is InChI=1S/C21H30F2O.C21H30O2.2C20H30/c1-15-3-7-17(8-4-15)18-9-11-19(12-10-18)21(22,23)24-20-13-5-16(2)6-14-20;1-15-3-7-17(8-4-15)18-9-11-19(12-10-18)21(22)23-20-13-5-16(2)6-14-20;2*1-15-3-7-17(8-4-15)19-11-13-20(14-12-19)18-9-5-16(2)6-10-18/h5-6,13-15,17-19H,3-4,7-12H2,1-2H3;5-6,13-15,17-19H,3-4,7-12H2,1-2H3;2*3-4,7-8,16,18-20H,5-6,9-14H2,1-2H3. The van der Waals surface area contributed by atoms with Crippen LogP contribution in [-0.4, -0.2) is 12.1 Å². The molecule has 12 rings (SSSR count). The summed E-state index contributed by atoms with van der Waals surface area (Å²) in [5, 5.41) is 0. The molecule has 5 heteroatoms. The van der Waals surface area contributed by atoms with Crippen molar-refractivity contribution in [1.29, 1.82) is 0 Å². The number of rotatable bonds is 11. The first-order valence-electron chi connectivity index (χ1n) is 36.5. The van der Waals surface area contributed by atoms with Gasteiger partial charge in [-0.15, -0.1) is 0 Å². The molecule has 0 spiro atoms. The topological polar surface area (TPSA) is 35.5 Å². The van der Waals surface area contributed by atoms with E-state index in [0.717, 1.165) is 108 Å². The molecule has 0 N–H and O–H groups in total. The first kappa shape index (κ1) is 67.4. The van der Waals surface area contributed by atoms with Crippen molar-refractivity contribution in [2.24, 2.45) is 82.9 Å². The Morgan fingerprint density at radius 1 is 0.322 bits per heavy atom. The monoisotopic (exact) mass is 1190 g/mol. The summed E-state index contributed by atoms with van der Waals surface area (Å²) in [5.74, 6) is 13.3. The van der Waals surface area contributed by atoms with Crippen LogP contribution in [-0.2, 0) is 4.79 Å².